The van der Waals surface area contributed by atoms with Gasteiger partial charge in [0.1, 0.15) is 16.7 Å². The molecular weight excluding hydrogens is 432 g/mol. The van der Waals surface area contributed by atoms with Crippen LogP contribution in [0.5, 0.6) is 0 Å². The Balaban J connectivity index is 2.09. The van der Waals surface area contributed by atoms with Gasteiger partial charge >= 0.3 is 0 Å². The fourth-order valence-corrected chi connectivity index (χ4v) is 4.19. The molecule has 1 aliphatic heterocycles. The quantitative estimate of drug-likeness (QED) is 0.558. The van der Waals surface area contributed by atoms with E-state index in [1.165, 1.54) is 26.1 Å². The van der Waals surface area contributed by atoms with Gasteiger partial charge in [0.15, 0.2) is 0 Å². The van der Waals surface area contributed by atoms with E-state index in [4.69, 9.17) is 11.6 Å². The van der Waals surface area contributed by atoms with Crippen LogP contribution in [-0.4, -0.2) is 68.7 Å². The Morgan fingerprint density at radius 3 is 2.47 bits per heavy atom. The summed E-state index contributed by atoms with van der Waals surface area (Å²) in [6.07, 6.45) is 1.27. The summed E-state index contributed by atoms with van der Waals surface area (Å²) in [7, 11) is 1.52. The Labute approximate surface area is 191 Å². The molecule has 1 N–H and O–H groups in total. The summed E-state index contributed by atoms with van der Waals surface area (Å²) in [5, 5.41) is 2.75. The summed E-state index contributed by atoms with van der Waals surface area (Å²) in [5.41, 5.74) is 1.78. The van der Waals surface area contributed by atoms with Crippen molar-refractivity contribution in [2.24, 2.45) is 0 Å². The Morgan fingerprint density at radius 1 is 1.16 bits per heavy atom. The molecule has 1 saturated heterocycles. The number of nitrogens with zero attached hydrogens (tertiary/aromatic N) is 5. The molecule has 1 fully saturated rings. The van der Waals surface area contributed by atoms with E-state index in [0.29, 0.717) is 35.9 Å². The maximum atomic E-state index is 12.5. The molecule has 3 amide bonds. The average molecular weight is 457 g/mol. The SMILES string of the molecule is C=CC(=O)N1C[C@@H](C)N(C(C)=O)[C@@H](c2cc(Cl)nc(-c3cc(C(=O)NC)nc(C)n3)c2)C1. The van der Waals surface area contributed by atoms with Crippen LogP contribution in [0.15, 0.2) is 30.9 Å². The maximum Gasteiger partial charge on any atom is 0.269 e. The minimum Gasteiger partial charge on any atom is -0.354 e. The molecule has 0 bridgehead atoms. The first kappa shape index (κ1) is 23.3. The number of halogens is 1. The van der Waals surface area contributed by atoms with Gasteiger partial charge in [-0.15, -0.1) is 0 Å². The van der Waals surface area contributed by atoms with Gasteiger partial charge < -0.3 is 15.1 Å². The van der Waals surface area contributed by atoms with Crippen LogP contribution in [-0.2, 0) is 9.59 Å². The smallest absolute Gasteiger partial charge is 0.269 e. The predicted molar refractivity (Wildman–Crippen MR) is 120 cm³/mol. The second kappa shape index (κ2) is 9.44. The van der Waals surface area contributed by atoms with E-state index in [1.54, 1.807) is 28.9 Å². The number of nitrogens with one attached hydrogen (secondary N) is 1. The Hall–Kier alpha value is -3.33. The number of carbonyl (C=O) groups excluding carboxylic acids is 3. The first-order valence-electron chi connectivity index (χ1n) is 10.1. The van der Waals surface area contributed by atoms with Crippen LogP contribution in [0.25, 0.3) is 11.4 Å². The minimum absolute atomic E-state index is 0.109. The topological polar surface area (TPSA) is 108 Å². The van der Waals surface area contributed by atoms with Crippen LogP contribution in [0.2, 0.25) is 5.15 Å². The summed E-state index contributed by atoms with van der Waals surface area (Å²) < 4.78 is 0. The Bertz CT molecular complexity index is 1090. The summed E-state index contributed by atoms with van der Waals surface area (Å²) in [4.78, 5) is 53.2. The Morgan fingerprint density at radius 2 is 1.84 bits per heavy atom. The number of aromatic nitrogens is 3. The summed E-state index contributed by atoms with van der Waals surface area (Å²) in [6.45, 7) is 9.35. The minimum atomic E-state index is -0.430. The Kier molecular flexibility index (Phi) is 6.88. The van der Waals surface area contributed by atoms with Gasteiger partial charge in [-0.25, -0.2) is 15.0 Å². The van der Waals surface area contributed by atoms with Gasteiger partial charge in [0.25, 0.3) is 5.91 Å². The van der Waals surface area contributed by atoms with Crippen LogP contribution in [0, 0.1) is 6.92 Å². The average Bonchev–Trinajstić information content (AvgIpc) is 2.76. The molecule has 9 nitrogen and oxygen atoms in total. The molecule has 1 aliphatic rings. The van der Waals surface area contributed by atoms with E-state index < -0.39 is 6.04 Å². The van der Waals surface area contributed by atoms with Crippen molar-refractivity contribution in [3.63, 3.8) is 0 Å². The van der Waals surface area contributed by atoms with Crippen molar-refractivity contribution in [2.75, 3.05) is 20.1 Å². The van der Waals surface area contributed by atoms with Crippen molar-refractivity contribution >= 4 is 29.3 Å². The van der Waals surface area contributed by atoms with E-state index >= 15 is 0 Å². The number of hydrogen-bond donors (Lipinski definition) is 1. The largest absolute Gasteiger partial charge is 0.354 e. The number of rotatable bonds is 4. The number of amides is 3. The molecule has 0 spiro atoms. The molecule has 2 atom stereocenters. The molecule has 0 radical (unpaired) electrons. The second-order valence-corrected chi connectivity index (χ2v) is 8.00. The van der Waals surface area contributed by atoms with Gasteiger partial charge in [0, 0.05) is 33.1 Å². The van der Waals surface area contributed by atoms with E-state index in [0.717, 1.165) is 0 Å². The molecule has 0 unspecified atom stereocenters. The summed E-state index contributed by atoms with van der Waals surface area (Å²) >= 11 is 6.34. The van der Waals surface area contributed by atoms with Crippen LogP contribution in [0.3, 0.4) is 0 Å². The van der Waals surface area contributed by atoms with Crippen molar-refractivity contribution < 1.29 is 14.4 Å². The van der Waals surface area contributed by atoms with E-state index in [2.05, 4.69) is 26.8 Å². The van der Waals surface area contributed by atoms with Crippen molar-refractivity contribution in [1.29, 1.82) is 0 Å². The standard InChI is InChI=1S/C22H25ClN6O3/c1-6-21(31)28-10-12(2)29(14(4)30)19(11-28)15-7-16(27-20(23)8-15)17-9-18(22(32)24-5)26-13(3)25-17/h6-9,12,19H,1,10-11H2,2-5H3,(H,24,32)/t12-,19-/m1/s1. The lowest BCUT2D eigenvalue weighted by molar-refractivity contribution is -0.143. The molecule has 3 heterocycles. The van der Waals surface area contributed by atoms with Crippen LogP contribution in [0.4, 0.5) is 0 Å². The van der Waals surface area contributed by atoms with Crippen molar-refractivity contribution in [2.45, 2.75) is 32.9 Å². The zero-order valence-corrected chi connectivity index (χ0v) is 19.2. The molecule has 3 rings (SSSR count). The number of aryl methyl sites for hydroxylation is 1. The second-order valence-electron chi connectivity index (χ2n) is 7.61. The number of pyridine rings is 1. The molecule has 10 heteroatoms. The lowest BCUT2D eigenvalue weighted by Crippen LogP contribution is -2.56. The van der Waals surface area contributed by atoms with E-state index in [1.807, 2.05) is 6.92 Å². The highest BCUT2D eigenvalue weighted by atomic mass is 35.5. The molecular formula is C22H25ClN6O3. The molecule has 168 valence electrons. The maximum absolute atomic E-state index is 12.5. The highest BCUT2D eigenvalue weighted by Gasteiger charge is 2.36. The number of piperazine rings is 1. The third-order valence-electron chi connectivity index (χ3n) is 5.30. The zero-order chi connectivity index (χ0) is 23.6. The highest BCUT2D eigenvalue weighted by molar-refractivity contribution is 6.29. The molecule has 0 aromatic carbocycles. The van der Waals surface area contributed by atoms with E-state index in [9.17, 15) is 14.4 Å². The van der Waals surface area contributed by atoms with Gasteiger partial charge in [0.2, 0.25) is 11.8 Å². The monoisotopic (exact) mass is 456 g/mol. The predicted octanol–water partition coefficient (Wildman–Crippen LogP) is 2.17. The molecule has 2 aromatic heterocycles. The van der Waals surface area contributed by atoms with Gasteiger partial charge in [-0.3, -0.25) is 14.4 Å². The number of hydrogen-bond acceptors (Lipinski definition) is 6. The van der Waals surface area contributed by atoms with Gasteiger partial charge in [-0.2, -0.15) is 0 Å². The lowest BCUT2D eigenvalue weighted by Gasteiger charge is -2.45. The molecule has 32 heavy (non-hydrogen) atoms. The molecule has 2 aromatic rings. The molecule has 0 saturated carbocycles. The zero-order valence-electron chi connectivity index (χ0n) is 18.4. The first-order chi connectivity index (χ1) is 15.1. The van der Waals surface area contributed by atoms with E-state index in [-0.39, 0.29) is 34.6 Å². The van der Waals surface area contributed by atoms with Crippen molar-refractivity contribution in [3.05, 3.63) is 53.1 Å². The first-order valence-corrected chi connectivity index (χ1v) is 10.5. The van der Waals surface area contributed by atoms with Crippen LogP contribution in [0.1, 0.15) is 41.8 Å². The van der Waals surface area contributed by atoms with Crippen LogP contribution >= 0.6 is 11.6 Å². The van der Waals surface area contributed by atoms with Crippen molar-refractivity contribution in [3.8, 4) is 11.4 Å². The van der Waals surface area contributed by atoms with Gasteiger partial charge in [-0.05, 0) is 43.7 Å². The highest BCUT2D eigenvalue weighted by Crippen LogP contribution is 2.32. The third-order valence-corrected chi connectivity index (χ3v) is 5.49. The normalized spacial score (nSPS) is 18.3. The molecule has 0 aliphatic carbocycles. The van der Waals surface area contributed by atoms with Gasteiger partial charge in [-0.1, -0.05) is 18.2 Å². The summed E-state index contributed by atoms with van der Waals surface area (Å²) in [5.74, 6) is -0.250. The fourth-order valence-electron chi connectivity index (χ4n) is 3.97. The third kappa shape index (κ3) is 4.77. The number of carbonyl (C=O) groups is 3. The van der Waals surface area contributed by atoms with Crippen molar-refractivity contribution in [1.82, 2.24) is 30.1 Å². The lowest BCUT2D eigenvalue weighted by atomic mass is 9.98. The fraction of sp³-hybridized carbons (Fsp3) is 0.364. The van der Waals surface area contributed by atoms with Crippen LogP contribution < -0.4 is 5.32 Å². The van der Waals surface area contributed by atoms with Gasteiger partial charge in [0.05, 0.1) is 17.4 Å². The summed E-state index contributed by atoms with van der Waals surface area (Å²) in [6, 6.07) is 4.35.